The van der Waals surface area contributed by atoms with Gasteiger partial charge in [-0.05, 0) is 0 Å². The molecule has 0 N–H and O–H groups in total. The molecule has 0 amide bonds. The first-order chi connectivity index (χ1) is 21.3. The Hall–Kier alpha value is -1.95. The van der Waals surface area contributed by atoms with Gasteiger partial charge in [-0.15, -0.1) is 0 Å². The summed E-state index contributed by atoms with van der Waals surface area (Å²) in [6, 6.07) is 32.1. The first kappa shape index (κ1) is 34.4. The van der Waals surface area contributed by atoms with Crippen molar-refractivity contribution in [2.75, 3.05) is 0 Å². The molecule has 0 saturated heterocycles. The normalized spacial score (nSPS) is 19.4. The molecule has 4 aromatic rings. The van der Waals surface area contributed by atoms with Crippen LogP contribution in [-0.4, -0.2) is 3.42 Å². The predicted molar refractivity (Wildman–Crippen MR) is 163 cm³/mol. The minimum absolute atomic E-state index is 0.0294. The average molecular weight is 804 g/mol. The van der Waals surface area contributed by atoms with Gasteiger partial charge in [-0.2, -0.15) is 14.0 Å². The Balaban J connectivity index is 1.45. The van der Waals surface area contributed by atoms with Crippen molar-refractivity contribution in [1.29, 1.82) is 0 Å². The Morgan fingerprint density at radius 1 is 0.667 bits per heavy atom. The summed E-state index contributed by atoms with van der Waals surface area (Å²) >= 11 is -1.62. The number of halogens is 3. The van der Waals surface area contributed by atoms with Gasteiger partial charge < -0.3 is 0 Å². The van der Waals surface area contributed by atoms with Gasteiger partial charge in [0.1, 0.15) is 0 Å². The number of benzene rings is 4. The van der Waals surface area contributed by atoms with Crippen LogP contribution in [0.1, 0.15) is 13.8 Å². The van der Waals surface area contributed by atoms with Crippen molar-refractivity contribution in [2.24, 2.45) is 5.92 Å². The van der Waals surface area contributed by atoms with Gasteiger partial charge in [-0.1, -0.05) is 36.4 Å². The minimum atomic E-state index is -4.79. The zero-order chi connectivity index (χ0) is 32.3. The van der Waals surface area contributed by atoms with E-state index in [1.807, 2.05) is 62.4 Å². The van der Waals surface area contributed by atoms with Crippen molar-refractivity contribution in [3.63, 3.8) is 0 Å². The van der Waals surface area contributed by atoms with Crippen LogP contribution >= 0.6 is 42.3 Å². The van der Waals surface area contributed by atoms with Crippen molar-refractivity contribution < 1.29 is 54.8 Å². The summed E-state index contributed by atoms with van der Waals surface area (Å²) < 4.78 is 82.2. The molecule has 2 atom stereocenters. The second kappa shape index (κ2) is 14.0. The van der Waals surface area contributed by atoms with Gasteiger partial charge in [0.15, 0.2) is 0 Å². The molecule has 4 aromatic carbocycles. The van der Waals surface area contributed by atoms with Crippen molar-refractivity contribution in [1.82, 2.24) is 0 Å². The molecule has 1 aliphatic rings. The molecule has 0 bridgehead atoms. The van der Waals surface area contributed by atoms with E-state index in [-0.39, 0.29) is 5.92 Å². The van der Waals surface area contributed by atoms with E-state index in [1.165, 1.54) is 11.8 Å². The molecule has 238 valence electrons. The number of rotatable bonds is 11. The van der Waals surface area contributed by atoms with E-state index in [9.17, 15) is 28.0 Å². The summed E-state index contributed by atoms with van der Waals surface area (Å²) in [4.78, 5) is 3.30. The number of allylic oxidation sites excluding steroid dienone is 4. The zero-order valence-corrected chi connectivity index (χ0v) is 29.3. The molecule has 1 aliphatic carbocycles. The van der Waals surface area contributed by atoms with Gasteiger partial charge in [0.2, 0.25) is 0 Å². The molecular formula is C32H29Cl2IO8S2. The Bertz CT molecular complexity index is 1590. The van der Waals surface area contributed by atoms with Gasteiger partial charge in [0, 0.05) is 0 Å². The standard InChI is InChI=1S/C32H29Cl2IO8S2/c1-25-11-9-10-24-32(25,2)35(42-33(36,37)38)26-16-18-27(19-17-26)44-28-20-22-31(23-21-28)45(43-34(39,40)41,29-12-5-3-6-13-29)30-14-7-4-8-15-30/h3-25H,1-2H3. The van der Waals surface area contributed by atoms with Gasteiger partial charge in [0.05, 0.1) is 0 Å². The van der Waals surface area contributed by atoms with E-state index in [2.05, 4.69) is 0 Å². The summed E-state index contributed by atoms with van der Waals surface area (Å²) in [5, 5.41) is 0. The topological polar surface area (TPSA) is 157 Å². The van der Waals surface area contributed by atoms with Gasteiger partial charge in [-0.25, -0.2) is 0 Å². The third-order valence-electron chi connectivity index (χ3n) is 7.05. The summed E-state index contributed by atoms with van der Waals surface area (Å²) in [5.74, 6) is -0.0294. The van der Waals surface area contributed by atoms with Crippen molar-refractivity contribution >= 4 is 42.3 Å². The van der Waals surface area contributed by atoms with Crippen LogP contribution in [0.3, 0.4) is 0 Å². The molecule has 0 heterocycles. The molecular weight excluding hydrogens is 774 g/mol. The van der Waals surface area contributed by atoms with Crippen LogP contribution in [0.2, 0.25) is 0 Å². The summed E-state index contributed by atoms with van der Waals surface area (Å²) in [7, 11) is -12.4. The van der Waals surface area contributed by atoms with Gasteiger partial charge in [0.25, 0.3) is 0 Å². The van der Waals surface area contributed by atoms with E-state index in [0.717, 1.165) is 9.79 Å². The SMILES string of the molecule is CC1C=CC=CC1(C)I(O[Cl+3]([O-])([O-])[O-])c1ccc(Sc2ccc(S(O[Cl+3]([O-])([O-])[O-])(c3ccccc3)c3ccccc3)cc2)cc1. The van der Waals surface area contributed by atoms with Crippen molar-refractivity contribution in [3.05, 3.63) is 137 Å². The molecule has 45 heavy (non-hydrogen) atoms. The maximum atomic E-state index is 12.1. The second-order valence-electron chi connectivity index (χ2n) is 10.0. The predicted octanol–water partition coefficient (Wildman–Crippen LogP) is 2.97. The first-order valence-electron chi connectivity index (χ1n) is 13.4. The van der Waals surface area contributed by atoms with Gasteiger partial charge in [-0.3, -0.25) is 0 Å². The Morgan fingerprint density at radius 3 is 1.62 bits per heavy atom. The molecule has 0 fully saturated rings. The molecule has 13 heteroatoms. The van der Waals surface area contributed by atoms with E-state index in [4.69, 9.17) is 6.35 Å². The van der Waals surface area contributed by atoms with Crippen molar-refractivity contribution in [3.8, 4) is 0 Å². The fourth-order valence-electron chi connectivity index (χ4n) is 4.74. The Morgan fingerprint density at radius 2 is 1.16 bits per heavy atom. The summed E-state index contributed by atoms with van der Waals surface area (Å²) in [5.41, 5.74) is 0. The molecule has 0 spiro atoms. The van der Waals surface area contributed by atoms with Crippen LogP contribution in [0.15, 0.2) is 158 Å². The van der Waals surface area contributed by atoms with Crippen LogP contribution in [0.25, 0.3) is 0 Å². The fraction of sp³-hybridized carbons (Fsp3) is 0.125. The zero-order valence-electron chi connectivity index (χ0n) is 24.0. The van der Waals surface area contributed by atoms with E-state index in [0.29, 0.717) is 18.3 Å². The van der Waals surface area contributed by atoms with Crippen molar-refractivity contribution in [2.45, 2.75) is 41.7 Å². The average Bonchev–Trinajstić information content (AvgIpc) is 3.01. The van der Waals surface area contributed by atoms with Crippen LogP contribution < -0.4 is 28.0 Å². The van der Waals surface area contributed by atoms with Crippen LogP contribution in [-0.2, 0) is 6.35 Å². The number of hydrogen-bond acceptors (Lipinski definition) is 9. The monoisotopic (exact) mass is 802 g/mol. The fourth-order valence-corrected chi connectivity index (χ4v) is 17.0. The quantitative estimate of drug-likeness (QED) is 0.164. The van der Waals surface area contributed by atoms with E-state index < -0.39 is 54.5 Å². The molecule has 0 radical (unpaired) electrons. The molecule has 0 aromatic heterocycles. The van der Waals surface area contributed by atoms with Crippen LogP contribution in [0.5, 0.6) is 0 Å². The molecule has 2 unspecified atom stereocenters. The Kier molecular flexibility index (Phi) is 10.7. The Labute approximate surface area is 280 Å². The van der Waals surface area contributed by atoms with E-state index in [1.54, 1.807) is 84.9 Å². The van der Waals surface area contributed by atoms with Gasteiger partial charge >= 0.3 is 231 Å². The summed E-state index contributed by atoms with van der Waals surface area (Å²) in [6.45, 7) is 3.89. The molecule has 0 saturated carbocycles. The second-order valence-corrected chi connectivity index (χ2v) is 21.8. The third-order valence-corrected chi connectivity index (χ3v) is 20.0. The molecule has 5 rings (SSSR count). The number of hydrogen-bond donors (Lipinski definition) is 0. The third kappa shape index (κ3) is 8.14. The van der Waals surface area contributed by atoms with E-state index >= 15 is 0 Å². The molecule has 8 nitrogen and oxygen atoms in total. The first-order valence-corrected chi connectivity index (χ1v) is 21.3. The number of alkyl halides is 1. The summed E-state index contributed by atoms with van der Waals surface area (Å²) in [6.07, 6.45) is 7.63. The van der Waals surface area contributed by atoms with Crippen LogP contribution in [0, 0.1) is 30.0 Å². The van der Waals surface area contributed by atoms with Crippen LogP contribution in [0.4, 0.5) is 0 Å². The molecule has 0 aliphatic heterocycles. The maximum absolute atomic E-state index is 12.1.